The second kappa shape index (κ2) is 4.25. The number of aryl methyl sites for hydroxylation is 1. The number of aromatic amines is 1. The van der Waals surface area contributed by atoms with Crippen molar-refractivity contribution >= 4 is 6.09 Å². The van der Waals surface area contributed by atoms with Gasteiger partial charge in [-0.2, -0.15) is 0 Å². The molecule has 0 saturated carbocycles. The van der Waals surface area contributed by atoms with Crippen molar-refractivity contribution < 1.29 is 9.53 Å². The second-order valence-corrected chi connectivity index (χ2v) is 6.56. The van der Waals surface area contributed by atoms with Gasteiger partial charge in [-0.3, -0.25) is 0 Å². The number of amides is 1. The lowest BCUT2D eigenvalue weighted by Crippen LogP contribution is -2.35. The van der Waals surface area contributed by atoms with E-state index in [1.54, 1.807) is 6.33 Å². The Morgan fingerprint density at radius 2 is 2.26 bits per heavy atom. The maximum absolute atomic E-state index is 12.1. The highest BCUT2D eigenvalue weighted by Crippen LogP contribution is 2.40. The summed E-state index contributed by atoms with van der Waals surface area (Å²) in [6, 6.07) is 0. The van der Waals surface area contributed by atoms with E-state index in [0.717, 1.165) is 31.6 Å². The lowest BCUT2D eigenvalue weighted by atomic mass is 9.82. The van der Waals surface area contributed by atoms with Gasteiger partial charge in [-0.05, 0) is 39.5 Å². The number of rotatable bonds is 0. The molecule has 5 heteroatoms. The van der Waals surface area contributed by atoms with E-state index in [9.17, 15) is 4.79 Å². The number of aromatic nitrogens is 2. The first-order chi connectivity index (χ1) is 8.94. The van der Waals surface area contributed by atoms with Gasteiger partial charge in [0.15, 0.2) is 0 Å². The Kier molecular flexibility index (Phi) is 2.80. The van der Waals surface area contributed by atoms with Crippen LogP contribution in [0.4, 0.5) is 4.79 Å². The summed E-state index contributed by atoms with van der Waals surface area (Å²) in [4.78, 5) is 21.6. The van der Waals surface area contributed by atoms with E-state index in [1.807, 2.05) is 25.7 Å². The summed E-state index contributed by atoms with van der Waals surface area (Å²) < 4.78 is 5.46. The highest BCUT2D eigenvalue weighted by Gasteiger charge is 2.41. The van der Waals surface area contributed by atoms with Gasteiger partial charge in [0.05, 0.1) is 12.0 Å². The van der Waals surface area contributed by atoms with E-state index in [2.05, 4.69) is 9.97 Å². The molecule has 1 aliphatic heterocycles. The van der Waals surface area contributed by atoms with E-state index in [0.29, 0.717) is 11.8 Å². The fourth-order valence-corrected chi connectivity index (χ4v) is 3.13. The van der Waals surface area contributed by atoms with E-state index in [-0.39, 0.29) is 6.09 Å². The van der Waals surface area contributed by atoms with Crippen LogP contribution in [0.3, 0.4) is 0 Å². The van der Waals surface area contributed by atoms with E-state index >= 15 is 0 Å². The van der Waals surface area contributed by atoms with Crippen LogP contribution in [0.5, 0.6) is 0 Å². The Morgan fingerprint density at radius 1 is 1.47 bits per heavy atom. The number of H-pyrrole nitrogens is 1. The third-order valence-electron chi connectivity index (χ3n) is 3.96. The Hall–Kier alpha value is -1.52. The van der Waals surface area contributed by atoms with Crippen molar-refractivity contribution in [2.45, 2.75) is 45.1 Å². The summed E-state index contributed by atoms with van der Waals surface area (Å²) in [5.41, 5.74) is 1.97. The largest absolute Gasteiger partial charge is 0.444 e. The number of hydrogen-bond donors (Lipinski definition) is 1. The molecule has 0 aromatic carbocycles. The Bertz CT molecular complexity index is 489. The molecule has 1 amide bonds. The monoisotopic (exact) mass is 263 g/mol. The number of likely N-dealkylation sites (tertiary alicyclic amines) is 1. The molecule has 2 aliphatic rings. The smallest absolute Gasteiger partial charge is 0.410 e. The van der Waals surface area contributed by atoms with Crippen molar-refractivity contribution in [3.63, 3.8) is 0 Å². The van der Waals surface area contributed by atoms with Crippen molar-refractivity contribution in [3.05, 3.63) is 17.7 Å². The molecule has 1 aromatic rings. The van der Waals surface area contributed by atoms with E-state index in [4.69, 9.17) is 4.74 Å². The SMILES string of the molecule is CC(C)(C)OC(=O)N1C[C@H]2CCc3[nH]cnc3[C@H]2C1. The summed E-state index contributed by atoms with van der Waals surface area (Å²) >= 11 is 0. The van der Waals surface area contributed by atoms with Crippen LogP contribution >= 0.6 is 0 Å². The van der Waals surface area contributed by atoms with Gasteiger partial charge in [0.25, 0.3) is 0 Å². The molecule has 0 bridgehead atoms. The summed E-state index contributed by atoms with van der Waals surface area (Å²) in [6.07, 6.45) is 3.74. The summed E-state index contributed by atoms with van der Waals surface area (Å²) in [5.74, 6) is 0.908. The van der Waals surface area contributed by atoms with Crippen molar-refractivity contribution in [1.29, 1.82) is 0 Å². The normalized spacial score (nSPS) is 25.9. The number of ether oxygens (including phenoxy) is 1. The van der Waals surface area contributed by atoms with Crippen LogP contribution in [0.25, 0.3) is 0 Å². The standard InChI is InChI=1S/C14H21N3O2/c1-14(2,3)19-13(18)17-6-9-4-5-11-12(10(9)7-17)16-8-15-11/h8-10H,4-7H2,1-3H3,(H,15,16)/t9-,10+/m1/s1. The van der Waals surface area contributed by atoms with Gasteiger partial charge in [-0.15, -0.1) is 0 Å². The topological polar surface area (TPSA) is 58.2 Å². The zero-order valence-corrected chi connectivity index (χ0v) is 11.8. The fraction of sp³-hybridized carbons (Fsp3) is 0.714. The minimum atomic E-state index is -0.428. The minimum Gasteiger partial charge on any atom is -0.444 e. The Morgan fingerprint density at radius 3 is 3.00 bits per heavy atom. The average molecular weight is 263 g/mol. The zero-order valence-electron chi connectivity index (χ0n) is 11.8. The highest BCUT2D eigenvalue weighted by atomic mass is 16.6. The molecular formula is C14H21N3O2. The summed E-state index contributed by atoms with van der Waals surface area (Å²) in [7, 11) is 0. The minimum absolute atomic E-state index is 0.195. The van der Waals surface area contributed by atoms with Crippen molar-refractivity contribution in [2.75, 3.05) is 13.1 Å². The zero-order chi connectivity index (χ0) is 13.6. The number of carbonyl (C=O) groups excluding carboxylic acids is 1. The number of imidazole rings is 1. The molecule has 19 heavy (non-hydrogen) atoms. The predicted molar refractivity (Wildman–Crippen MR) is 70.9 cm³/mol. The summed E-state index contributed by atoms with van der Waals surface area (Å²) in [6.45, 7) is 7.24. The lowest BCUT2D eigenvalue weighted by Gasteiger charge is -2.24. The van der Waals surface area contributed by atoms with Crippen LogP contribution in [0.1, 0.15) is 44.5 Å². The van der Waals surface area contributed by atoms with Gasteiger partial charge in [0.2, 0.25) is 0 Å². The molecule has 2 heterocycles. The first-order valence-electron chi connectivity index (χ1n) is 6.94. The van der Waals surface area contributed by atoms with Gasteiger partial charge in [-0.25, -0.2) is 9.78 Å². The van der Waals surface area contributed by atoms with Crippen LogP contribution in [0.2, 0.25) is 0 Å². The second-order valence-electron chi connectivity index (χ2n) is 6.56. The number of carbonyl (C=O) groups is 1. The van der Waals surface area contributed by atoms with Gasteiger partial charge < -0.3 is 14.6 Å². The molecule has 1 aromatic heterocycles. The van der Waals surface area contributed by atoms with E-state index < -0.39 is 5.60 Å². The van der Waals surface area contributed by atoms with Crippen LogP contribution in [0, 0.1) is 5.92 Å². The molecule has 0 unspecified atom stereocenters. The Labute approximate surface area is 113 Å². The quantitative estimate of drug-likeness (QED) is 0.781. The average Bonchev–Trinajstić information content (AvgIpc) is 2.92. The first kappa shape index (κ1) is 12.5. The lowest BCUT2D eigenvalue weighted by molar-refractivity contribution is 0.0286. The maximum Gasteiger partial charge on any atom is 0.410 e. The van der Waals surface area contributed by atoms with Gasteiger partial charge in [0, 0.05) is 24.7 Å². The molecule has 5 nitrogen and oxygen atoms in total. The third kappa shape index (κ3) is 2.33. The van der Waals surface area contributed by atoms with Gasteiger partial charge in [0.1, 0.15) is 5.60 Å². The van der Waals surface area contributed by atoms with Crippen LogP contribution in [-0.2, 0) is 11.2 Å². The molecule has 1 saturated heterocycles. The van der Waals surface area contributed by atoms with Gasteiger partial charge in [-0.1, -0.05) is 0 Å². The van der Waals surface area contributed by atoms with Crippen molar-refractivity contribution in [3.8, 4) is 0 Å². The highest BCUT2D eigenvalue weighted by molar-refractivity contribution is 5.68. The molecule has 1 fully saturated rings. The van der Waals surface area contributed by atoms with Crippen molar-refractivity contribution in [1.82, 2.24) is 14.9 Å². The molecule has 2 atom stereocenters. The van der Waals surface area contributed by atoms with E-state index in [1.165, 1.54) is 5.69 Å². The molecule has 0 radical (unpaired) electrons. The third-order valence-corrected chi connectivity index (χ3v) is 3.96. The summed E-state index contributed by atoms with van der Waals surface area (Å²) in [5, 5.41) is 0. The van der Waals surface area contributed by atoms with Crippen LogP contribution in [-0.4, -0.2) is 39.7 Å². The fourth-order valence-electron chi connectivity index (χ4n) is 3.13. The maximum atomic E-state index is 12.1. The first-order valence-corrected chi connectivity index (χ1v) is 6.94. The predicted octanol–water partition coefficient (Wildman–Crippen LogP) is 2.31. The molecule has 1 N–H and O–H groups in total. The number of hydrogen-bond acceptors (Lipinski definition) is 3. The number of nitrogens with one attached hydrogen (secondary N) is 1. The van der Waals surface area contributed by atoms with Crippen LogP contribution < -0.4 is 0 Å². The number of nitrogens with zero attached hydrogens (tertiary/aromatic N) is 2. The molecule has 3 rings (SSSR count). The van der Waals surface area contributed by atoms with Crippen molar-refractivity contribution in [2.24, 2.45) is 5.92 Å². The Balaban J connectivity index is 1.72. The molecule has 104 valence electrons. The van der Waals surface area contributed by atoms with Gasteiger partial charge >= 0.3 is 6.09 Å². The molecule has 0 spiro atoms. The molecular weight excluding hydrogens is 242 g/mol. The number of fused-ring (bicyclic) bond motifs is 3. The molecule has 1 aliphatic carbocycles. The van der Waals surface area contributed by atoms with Crippen LogP contribution in [0.15, 0.2) is 6.33 Å².